The molecule has 418 valence electrons. The van der Waals surface area contributed by atoms with Crippen LogP contribution in [0.4, 0.5) is 0 Å². The SMILES string of the molecule is CC/C=C\C/C=C\C/C=C\C/C=C\C/C=C\CC(=O)OCC(COC(=O)CCCCCCCCCCCCCCCCCCCCCC)OC(=O)CCCCCCCCCCCCCCCCCCCCC. The van der Waals surface area contributed by atoms with E-state index in [2.05, 4.69) is 69.4 Å². The molecule has 0 aromatic carbocycles. The zero-order valence-corrected chi connectivity index (χ0v) is 47.9. The summed E-state index contributed by atoms with van der Waals surface area (Å²) in [5, 5.41) is 0. The average Bonchev–Trinajstić information content (AvgIpc) is 3.38. The van der Waals surface area contributed by atoms with Gasteiger partial charge in [0.25, 0.3) is 0 Å². The summed E-state index contributed by atoms with van der Waals surface area (Å²) in [6.07, 6.45) is 76.8. The molecule has 0 saturated heterocycles. The van der Waals surface area contributed by atoms with Gasteiger partial charge in [-0.1, -0.05) is 319 Å². The minimum absolute atomic E-state index is 0.0993. The normalized spacial score (nSPS) is 12.4. The molecule has 1 unspecified atom stereocenters. The fourth-order valence-corrected chi connectivity index (χ4v) is 9.17. The summed E-state index contributed by atoms with van der Waals surface area (Å²) in [4.78, 5) is 38.2. The summed E-state index contributed by atoms with van der Waals surface area (Å²) in [6.45, 7) is 6.49. The van der Waals surface area contributed by atoms with Gasteiger partial charge in [-0.15, -0.1) is 0 Å². The quantitative estimate of drug-likeness (QED) is 0.0261. The zero-order chi connectivity index (χ0) is 52.2. The van der Waals surface area contributed by atoms with E-state index in [4.69, 9.17) is 14.2 Å². The first kappa shape index (κ1) is 69.1. The van der Waals surface area contributed by atoms with Crippen LogP contribution in [-0.4, -0.2) is 37.2 Å². The van der Waals surface area contributed by atoms with Crippen LogP contribution in [0.25, 0.3) is 0 Å². The van der Waals surface area contributed by atoms with Crippen molar-refractivity contribution in [2.75, 3.05) is 13.2 Å². The lowest BCUT2D eigenvalue weighted by atomic mass is 10.0. The number of rotatable bonds is 57. The standard InChI is InChI=1S/C66H118O6/c1-4-7-10-13-16-19-22-25-28-30-32-34-35-38-41-44-47-50-53-56-59-65(68)71-62-63(61-70-64(67)58-55-52-49-46-43-40-37-27-24-21-18-15-12-9-6-3)72-66(69)60-57-54-51-48-45-42-39-36-33-31-29-26-23-20-17-14-11-8-5-2/h9,12,18,21,27,37,43,46,52,55,63H,4-8,10-11,13-17,19-20,22-26,28-36,38-42,44-45,47-51,53-54,56-62H2,1-3H3/b12-9-,21-18-,37-27-,46-43-,55-52-. The van der Waals surface area contributed by atoms with Crippen molar-refractivity contribution in [1.29, 1.82) is 0 Å². The third-order valence-electron chi connectivity index (χ3n) is 13.8. The Morgan fingerprint density at radius 1 is 0.292 bits per heavy atom. The van der Waals surface area contributed by atoms with Crippen LogP contribution in [0, 0.1) is 0 Å². The molecular weight excluding hydrogens is 889 g/mol. The Kier molecular flexibility index (Phi) is 58.2. The van der Waals surface area contributed by atoms with E-state index < -0.39 is 12.1 Å². The summed E-state index contributed by atoms with van der Waals surface area (Å²) in [7, 11) is 0. The molecule has 0 saturated carbocycles. The second-order valence-electron chi connectivity index (χ2n) is 21.0. The van der Waals surface area contributed by atoms with Gasteiger partial charge in [-0.25, -0.2) is 0 Å². The predicted octanol–water partition coefficient (Wildman–Crippen LogP) is 21.2. The van der Waals surface area contributed by atoms with E-state index in [0.29, 0.717) is 12.8 Å². The van der Waals surface area contributed by atoms with Crippen molar-refractivity contribution in [3.8, 4) is 0 Å². The maximum Gasteiger partial charge on any atom is 0.309 e. The van der Waals surface area contributed by atoms with Gasteiger partial charge in [-0.3, -0.25) is 14.4 Å². The summed E-state index contributed by atoms with van der Waals surface area (Å²) >= 11 is 0. The molecule has 0 radical (unpaired) electrons. The van der Waals surface area contributed by atoms with Gasteiger partial charge in [0.05, 0.1) is 6.42 Å². The number of hydrogen-bond donors (Lipinski definition) is 0. The van der Waals surface area contributed by atoms with Gasteiger partial charge >= 0.3 is 17.9 Å². The van der Waals surface area contributed by atoms with Crippen LogP contribution < -0.4 is 0 Å². The monoisotopic (exact) mass is 1010 g/mol. The lowest BCUT2D eigenvalue weighted by Crippen LogP contribution is -2.30. The number of ether oxygens (including phenoxy) is 3. The van der Waals surface area contributed by atoms with E-state index in [9.17, 15) is 14.4 Å². The first-order valence-corrected chi connectivity index (χ1v) is 31.3. The minimum atomic E-state index is -0.811. The van der Waals surface area contributed by atoms with E-state index in [0.717, 1.165) is 70.6 Å². The lowest BCUT2D eigenvalue weighted by molar-refractivity contribution is -0.166. The molecule has 0 bridgehead atoms. The molecule has 0 aliphatic rings. The number of allylic oxidation sites excluding steroid dienone is 9. The second-order valence-corrected chi connectivity index (χ2v) is 21.0. The van der Waals surface area contributed by atoms with E-state index >= 15 is 0 Å². The van der Waals surface area contributed by atoms with E-state index in [1.807, 2.05) is 6.08 Å². The number of carbonyl (C=O) groups is 3. The third-order valence-corrected chi connectivity index (χ3v) is 13.8. The van der Waals surface area contributed by atoms with Crippen LogP contribution in [-0.2, 0) is 28.6 Å². The molecule has 0 N–H and O–H groups in total. The smallest absolute Gasteiger partial charge is 0.309 e. The van der Waals surface area contributed by atoms with Gasteiger partial charge in [0, 0.05) is 12.8 Å². The third kappa shape index (κ3) is 58.0. The van der Waals surface area contributed by atoms with Crippen molar-refractivity contribution in [3.05, 3.63) is 60.8 Å². The molecule has 6 heteroatoms. The van der Waals surface area contributed by atoms with E-state index in [-0.39, 0.29) is 31.6 Å². The molecule has 6 nitrogen and oxygen atoms in total. The van der Waals surface area contributed by atoms with Crippen LogP contribution in [0.2, 0.25) is 0 Å². The van der Waals surface area contributed by atoms with Crippen molar-refractivity contribution in [2.24, 2.45) is 0 Å². The molecule has 1 atom stereocenters. The molecule has 0 spiro atoms. The minimum Gasteiger partial charge on any atom is -0.462 e. The summed E-state index contributed by atoms with van der Waals surface area (Å²) in [6, 6.07) is 0. The molecule has 0 fully saturated rings. The Morgan fingerprint density at radius 2 is 0.542 bits per heavy atom. The van der Waals surface area contributed by atoms with Crippen molar-refractivity contribution in [1.82, 2.24) is 0 Å². The van der Waals surface area contributed by atoms with Gasteiger partial charge in [-0.05, 0) is 44.9 Å². The van der Waals surface area contributed by atoms with Crippen LogP contribution in [0.1, 0.15) is 323 Å². The predicted molar refractivity (Wildman–Crippen MR) is 312 cm³/mol. The Balaban J connectivity index is 4.39. The van der Waals surface area contributed by atoms with Gasteiger partial charge < -0.3 is 14.2 Å². The molecular formula is C66H118O6. The van der Waals surface area contributed by atoms with Crippen LogP contribution in [0.3, 0.4) is 0 Å². The molecule has 0 amide bonds. The highest BCUT2D eigenvalue weighted by Crippen LogP contribution is 2.18. The highest BCUT2D eigenvalue weighted by Gasteiger charge is 2.19. The molecule has 0 aliphatic heterocycles. The maximum absolute atomic E-state index is 12.9. The van der Waals surface area contributed by atoms with Crippen molar-refractivity contribution >= 4 is 17.9 Å². The first-order valence-electron chi connectivity index (χ1n) is 31.3. The van der Waals surface area contributed by atoms with Gasteiger partial charge in [0.15, 0.2) is 6.10 Å². The summed E-state index contributed by atoms with van der Waals surface area (Å²) in [5.74, 6) is -1.01. The Morgan fingerprint density at radius 3 is 0.847 bits per heavy atom. The number of hydrogen-bond acceptors (Lipinski definition) is 6. The number of carbonyl (C=O) groups excluding carboxylic acids is 3. The molecule has 0 aromatic rings. The van der Waals surface area contributed by atoms with Crippen LogP contribution >= 0.6 is 0 Å². The topological polar surface area (TPSA) is 78.9 Å². The van der Waals surface area contributed by atoms with Gasteiger partial charge in [-0.2, -0.15) is 0 Å². The molecule has 0 heterocycles. The summed E-state index contributed by atoms with van der Waals surface area (Å²) in [5.41, 5.74) is 0. The van der Waals surface area contributed by atoms with Crippen LogP contribution in [0.5, 0.6) is 0 Å². The summed E-state index contributed by atoms with van der Waals surface area (Å²) < 4.78 is 16.8. The molecule has 72 heavy (non-hydrogen) atoms. The second kappa shape index (κ2) is 60.7. The number of esters is 3. The Bertz CT molecular complexity index is 1290. The van der Waals surface area contributed by atoms with E-state index in [1.54, 1.807) is 6.08 Å². The average molecular weight is 1010 g/mol. The molecule has 0 aromatic heterocycles. The van der Waals surface area contributed by atoms with Crippen LogP contribution in [0.15, 0.2) is 60.8 Å². The highest BCUT2D eigenvalue weighted by molar-refractivity contribution is 5.72. The van der Waals surface area contributed by atoms with Crippen molar-refractivity contribution < 1.29 is 28.6 Å². The number of unbranched alkanes of at least 4 members (excludes halogenated alkanes) is 37. The van der Waals surface area contributed by atoms with Gasteiger partial charge in [0.1, 0.15) is 13.2 Å². The van der Waals surface area contributed by atoms with Crippen molar-refractivity contribution in [2.45, 2.75) is 329 Å². The maximum atomic E-state index is 12.9. The largest absolute Gasteiger partial charge is 0.462 e. The Labute approximate surface area is 447 Å². The molecule has 0 aliphatic carbocycles. The first-order chi connectivity index (χ1) is 35.5. The van der Waals surface area contributed by atoms with Crippen molar-refractivity contribution in [3.63, 3.8) is 0 Å². The van der Waals surface area contributed by atoms with E-state index in [1.165, 1.54) is 212 Å². The Hall–Kier alpha value is -2.89. The fourth-order valence-electron chi connectivity index (χ4n) is 9.17. The lowest BCUT2D eigenvalue weighted by Gasteiger charge is -2.18. The highest BCUT2D eigenvalue weighted by atomic mass is 16.6. The zero-order valence-electron chi connectivity index (χ0n) is 47.9. The van der Waals surface area contributed by atoms with Gasteiger partial charge in [0.2, 0.25) is 0 Å². The molecule has 0 rings (SSSR count). The fraction of sp³-hybridized carbons (Fsp3) is 0.803.